The third-order valence-corrected chi connectivity index (χ3v) is 6.76. The smallest absolute Gasteiger partial charge is 0.329 e. The molecule has 1 heterocycles. The van der Waals surface area contributed by atoms with E-state index in [4.69, 9.17) is 9.47 Å². The van der Waals surface area contributed by atoms with Gasteiger partial charge in [-0.3, -0.25) is 9.59 Å². The highest BCUT2D eigenvalue weighted by atomic mass is 127. The molecule has 10 heteroatoms. The van der Waals surface area contributed by atoms with Crippen LogP contribution in [0.1, 0.15) is 16.7 Å². The molecule has 4 amide bonds. The molecule has 0 atom stereocenters. The Labute approximate surface area is 236 Å². The van der Waals surface area contributed by atoms with E-state index in [1.54, 1.807) is 24.3 Å². The first-order chi connectivity index (χ1) is 17.7. The van der Waals surface area contributed by atoms with Crippen molar-refractivity contribution < 1.29 is 23.9 Å². The highest BCUT2D eigenvalue weighted by Gasteiger charge is 2.35. The number of hydrogen-bond donors (Lipinski definition) is 2. The lowest BCUT2D eigenvalue weighted by Crippen LogP contribution is -2.38. The highest BCUT2D eigenvalue weighted by molar-refractivity contribution is 14.1. The number of urea groups is 1. The van der Waals surface area contributed by atoms with Gasteiger partial charge in [0.2, 0.25) is 5.91 Å². The molecule has 0 unspecified atom stereocenters. The maximum absolute atomic E-state index is 12.9. The highest BCUT2D eigenvalue weighted by Crippen LogP contribution is 2.35. The molecule has 8 nitrogen and oxygen atoms in total. The summed E-state index contributed by atoms with van der Waals surface area (Å²) in [6, 6.07) is 17.9. The zero-order valence-corrected chi connectivity index (χ0v) is 23.8. The van der Waals surface area contributed by atoms with E-state index in [1.165, 1.54) is 7.11 Å². The first-order valence-corrected chi connectivity index (χ1v) is 13.1. The van der Waals surface area contributed by atoms with Crippen molar-refractivity contribution in [3.8, 4) is 11.5 Å². The molecule has 0 bridgehead atoms. The van der Waals surface area contributed by atoms with Gasteiger partial charge in [0.1, 0.15) is 18.8 Å². The van der Waals surface area contributed by atoms with Gasteiger partial charge in [-0.05, 0) is 88.7 Å². The van der Waals surface area contributed by atoms with Crippen molar-refractivity contribution in [2.75, 3.05) is 19.0 Å². The van der Waals surface area contributed by atoms with Gasteiger partial charge in [0.15, 0.2) is 11.5 Å². The number of hydrogen-bond acceptors (Lipinski definition) is 5. The van der Waals surface area contributed by atoms with E-state index in [0.717, 1.165) is 24.1 Å². The SMILES string of the molecule is COc1cc(/C=C2/NC(=O)N(CC(=O)Nc3cccc(C)c3)C2=O)cc(I)c1OCc1ccc(Br)cc1. The number of anilines is 1. The van der Waals surface area contributed by atoms with Crippen molar-refractivity contribution >= 4 is 68.1 Å². The second-order valence-electron chi connectivity index (χ2n) is 8.25. The summed E-state index contributed by atoms with van der Waals surface area (Å²) in [7, 11) is 1.53. The Kier molecular flexibility index (Phi) is 8.49. The molecular formula is C27H23BrIN3O5. The number of carbonyl (C=O) groups excluding carboxylic acids is 3. The Morgan fingerprint density at radius 2 is 1.89 bits per heavy atom. The Bertz CT molecular complexity index is 1390. The molecule has 0 radical (unpaired) electrons. The summed E-state index contributed by atoms with van der Waals surface area (Å²) in [5.74, 6) is -0.000743. The average Bonchev–Trinajstić information content (AvgIpc) is 3.11. The molecule has 1 aliphatic heterocycles. The second kappa shape index (κ2) is 11.8. The van der Waals surface area contributed by atoms with Gasteiger partial charge in [-0.2, -0.15) is 0 Å². The Balaban J connectivity index is 1.46. The fourth-order valence-corrected chi connectivity index (χ4v) is 4.69. The maximum atomic E-state index is 12.9. The van der Waals surface area contributed by atoms with Crippen LogP contribution in [0.15, 0.2) is 70.8 Å². The number of methoxy groups -OCH3 is 1. The zero-order valence-electron chi connectivity index (χ0n) is 20.0. The van der Waals surface area contributed by atoms with Gasteiger partial charge in [-0.25, -0.2) is 9.69 Å². The fraction of sp³-hybridized carbons (Fsp3) is 0.148. The van der Waals surface area contributed by atoms with Crippen molar-refractivity contribution in [2.45, 2.75) is 13.5 Å². The molecule has 2 N–H and O–H groups in total. The predicted octanol–water partition coefficient (Wildman–Crippen LogP) is 5.48. The molecule has 1 saturated heterocycles. The van der Waals surface area contributed by atoms with Gasteiger partial charge < -0.3 is 20.1 Å². The lowest BCUT2D eigenvalue weighted by molar-refractivity contribution is -0.127. The number of amides is 4. The van der Waals surface area contributed by atoms with Gasteiger partial charge in [0.05, 0.1) is 10.7 Å². The molecule has 1 fully saturated rings. The summed E-state index contributed by atoms with van der Waals surface area (Å²) < 4.78 is 13.3. The second-order valence-corrected chi connectivity index (χ2v) is 10.3. The first-order valence-electron chi connectivity index (χ1n) is 11.2. The van der Waals surface area contributed by atoms with Crippen molar-refractivity contribution in [2.24, 2.45) is 0 Å². The largest absolute Gasteiger partial charge is 0.493 e. The molecule has 37 heavy (non-hydrogen) atoms. The molecule has 0 aliphatic carbocycles. The minimum Gasteiger partial charge on any atom is -0.493 e. The van der Waals surface area contributed by atoms with Gasteiger partial charge in [-0.1, -0.05) is 40.2 Å². The summed E-state index contributed by atoms with van der Waals surface area (Å²) in [6.07, 6.45) is 1.54. The van der Waals surface area contributed by atoms with Crippen LogP contribution in [0.2, 0.25) is 0 Å². The van der Waals surface area contributed by atoms with Crippen LogP contribution >= 0.6 is 38.5 Å². The number of aryl methyl sites for hydroxylation is 1. The van der Waals surface area contributed by atoms with E-state index < -0.39 is 24.4 Å². The van der Waals surface area contributed by atoms with Crippen LogP contribution in [-0.2, 0) is 16.2 Å². The topological polar surface area (TPSA) is 97.0 Å². The molecule has 0 aromatic heterocycles. The van der Waals surface area contributed by atoms with E-state index in [1.807, 2.05) is 49.4 Å². The number of halogens is 2. The van der Waals surface area contributed by atoms with Crippen LogP contribution in [0.5, 0.6) is 11.5 Å². The normalized spacial score (nSPS) is 14.1. The van der Waals surface area contributed by atoms with Crippen molar-refractivity contribution in [1.29, 1.82) is 0 Å². The summed E-state index contributed by atoms with van der Waals surface area (Å²) >= 11 is 5.55. The Morgan fingerprint density at radius 3 is 2.59 bits per heavy atom. The van der Waals surface area contributed by atoms with Crippen molar-refractivity contribution in [3.05, 3.63) is 91.1 Å². The van der Waals surface area contributed by atoms with Crippen LogP contribution in [0.3, 0.4) is 0 Å². The quantitative estimate of drug-likeness (QED) is 0.187. The molecule has 190 valence electrons. The molecule has 0 spiro atoms. The molecule has 3 aromatic carbocycles. The molecule has 0 saturated carbocycles. The van der Waals surface area contributed by atoms with E-state index in [0.29, 0.717) is 29.4 Å². The van der Waals surface area contributed by atoms with Gasteiger partial charge >= 0.3 is 6.03 Å². The summed E-state index contributed by atoms with van der Waals surface area (Å²) in [5, 5.41) is 5.25. The van der Waals surface area contributed by atoms with Crippen LogP contribution < -0.4 is 20.1 Å². The van der Waals surface area contributed by atoms with Gasteiger partial charge in [0, 0.05) is 10.2 Å². The number of ether oxygens (including phenoxy) is 2. The van der Waals surface area contributed by atoms with E-state index in [9.17, 15) is 14.4 Å². The molecule has 4 rings (SSSR count). The lowest BCUT2D eigenvalue weighted by atomic mass is 10.1. The molecular weight excluding hydrogens is 653 g/mol. The number of nitrogens with one attached hydrogen (secondary N) is 2. The summed E-state index contributed by atoms with van der Waals surface area (Å²) in [5.41, 5.74) is 3.27. The van der Waals surface area contributed by atoms with Crippen molar-refractivity contribution in [3.63, 3.8) is 0 Å². The van der Waals surface area contributed by atoms with E-state index >= 15 is 0 Å². The number of carbonyl (C=O) groups is 3. The van der Waals surface area contributed by atoms with E-state index in [-0.39, 0.29) is 5.70 Å². The number of imide groups is 1. The van der Waals surface area contributed by atoms with Crippen LogP contribution in [0.4, 0.5) is 10.5 Å². The zero-order chi connectivity index (χ0) is 26.5. The maximum Gasteiger partial charge on any atom is 0.329 e. The lowest BCUT2D eigenvalue weighted by Gasteiger charge is -2.14. The minimum atomic E-state index is -0.660. The van der Waals surface area contributed by atoms with Gasteiger partial charge in [-0.15, -0.1) is 0 Å². The number of nitrogens with zero attached hydrogens (tertiary/aromatic N) is 1. The summed E-state index contributed by atoms with van der Waals surface area (Å²) in [6.45, 7) is 1.86. The molecule has 1 aliphatic rings. The summed E-state index contributed by atoms with van der Waals surface area (Å²) in [4.78, 5) is 38.6. The predicted molar refractivity (Wildman–Crippen MR) is 152 cm³/mol. The number of benzene rings is 3. The fourth-order valence-electron chi connectivity index (χ4n) is 3.65. The van der Waals surface area contributed by atoms with Gasteiger partial charge in [0.25, 0.3) is 5.91 Å². The van der Waals surface area contributed by atoms with Crippen LogP contribution in [0.25, 0.3) is 6.08 Å². The average molecular weight is 676 g/mol. The number of rotatable bonds is 8. The van der Waals surface area contributed by atoms with Crippen molar-refractivity contribution in [1.82, 2.24) is 10.2 Å². The molecule has 3 aromatic rings. The van der Waals surface area contributed by atoms with Crippen LogP contribution in [0, 0.1) is 10.5 Å². The third-order valence-electron chi connectivity index (χ3n) is 5.43. The third kappa shape index (κ3) is 6.69. The minimum absolute atomic E-state index is 0.0646. The van der Waals surface area contributed by atoms with Crippen LogP contribution in [-0.4, -0.2) is 36.4 Å². The standard InChI is InChI=1S/C27H23BrIN3O5/c1-16-4-3-5-20(10-16)30-24(33)14-32-26(34)22(31-27(32)35)12-18-11-21(29)25(23(13-18)36-2)37-15-17-6-8-19(28)9-7-17/h3-13H,14-15H2,1-2H3,(H,30,33)(H,31,35)/b22-12+. The van der Waals surface area contributed by atoms with E-state index in [2.05, 4.69) is 49.2 Å². The Hall–Kier alpha value is -3.38. The first kappa shape index (κ1) is 26.7. The monoisotopic (exact) mass is 675 g/mol. The Morgan fingerprint density at radius 1 is 1.14 bits per heavy atom.